The zero-order chi connectivity index (χ0) is 13.9. The highest BCUT2D eigenvalue weighted by Crippen LogP contribution is 2.29. The van der Waals surface area contributed by atoms with E-state index in [1.54, 1.807) is 24.3 Å². The largest absolute Gasteiger partial charge is 0.388 e. The van der Waals surface area contributed by atoms with E-state index in [-0.39, 0.29) is 6.04 Å². The second kappa shape index (κ2) is 6.15. The van der Waals surface area contributed by atoms with Crippen LogP contribution in [0.3, 0.4) is 0 Å². The lowest BCUT2D eigenvalue weighted by atomic mass is 10.3. The van der Waals surface area contributed by atoms with Crippen LogP contribution in [-0.2, 0) is 10.0 Å². The van der Waals surface area contributed by atoms with Crippen LogP contribution in [0.15, 0.2) is 29.2 Å². The molecule has 0 bridgehead atoms. The van der Waals surface area contributed by atoms with Gasteiger partial charge in [0.25, 0.3) is 0 Å². The smallest absolute Gasteiger partial charge is 0.240 e. The predicted octanol–water partition coefficient (Wildman–Crippen LogP) is 2.29. The number of nitrogens with one attached hydrogen (secondary N) is 2. The Morgan fingerprint density at radius 3 is 2.42 bits per heavy atom. The summed E-state index contributed by atoms with van der Waals surface area (Å²) in [6.45, 7) is 0. The highest BCUT2D eigenvalue weighted by Gasteiger charge is 2.28. The van der Waals surface area contributed by atoms with Crippen LogP contribution in [0.25, 0.3) is 0 Å². The Balaban J connectivity index is 2.05. The molecule has 1 aromatic carbocycles. The topological polar surface area (TPSA) is 58.2 Å². The van der Waals surface area contributed by atoms with Gasteiger partial charge in [0.15, 0.2) is 0 Å². The lowest BCUT2D eigenvalue weighted by molar-refractivity contribution is 0.552. The van der Waals surface area contributed by atoms with Gasteiger partial charge in [-0.1, -0.05) is 0 Å². The van der Waals surface area contributed by atoms with Gasteiger partial charge in [0.1, 0.15) is 0 Å². The highest BCUT2D eigenvalue weighted by atomic mass is 32.2. The molecule has 1 saturated carbocycles. The standard InChI is InChI=1S/C13H20N2O2S2/c1-14-10-4-7-13(8-5-10)19(16,17)15-11-3-6-12(9-11)18-2/h4-5,7-8,11-12,14-15H,3,6,9H2,1-2H3. The Morgan fingerprint density at radius 2 is 1.89 bits per heavy atom. The zero-order valence-electron chi connectivity index (χ0n) is 11.2. The summed E-state index contributed by atoms with van der Waals surface area (Å²) in [4.78, 5) is 0.333. The summed E-state index contributed by atoms with van der Waals surface area (Å²) in [7, 11) is -1.58. The lowest BCUT2D eigenvalue weighted by Crippen LogP contribution is -2.33. The number of anilines is 1. The first kappa shape index (κ1) is 14.7. The fourth-order valence-corrected chi connectivity index (χ4v) is 4.43. The summed E-state index contributed by atoms with van der Waals surface area (Å²) in [5.41, 5.74) is 0.905. The van der Waals surface area contributed by atoms with Crippen LogP contribution in [0.1, 0.15) is 19.3 Å². The molecule has 2 rings (SSSR count). The maximum Gasteiger partial charge on any atom is 0.240 e. The fourth-order valence-electron chi connectivity index (χ4n) is 2.35. The molecule has 0 spiro atoms. The summed E-state index contributed by atoms with van der Waals surface area (Å²) in [6, 6.07) is 6.89. The zero-order valence-corrected chi connectivity index (χ0v) is 12.9. The number of benzene rings is 1. The van der Waals surface area contributed by atoms with E-state index < -0.39 is 10.0 Å². The van der Waals surface area contributed by atoms with E-state index in [0.29, 0.717) is 10.1 Å². The van der Waals surface area contributed by atoms with Crippen molar-refractivity contribution in [1.29, 1.82) is 0 Å². The fraction of sp³-hybridized carbons (Fsp3) is 0.538. The summed E-state index contributed by atoms with van der Waals surface area (Å²) in [5.74, 6) is 0. The molecule has 1 aromatic rings. The van der Waals surface area contributed by atoms with E-state index >= 15 is 0 Å². The highest BCUT2D eigenvalue weighted by molar-refractivity contribution is 7.99. The molecule has 4 nitrogen and oxygen atoms in total. The molecule has 0 aromatic heterocycles. The Kier molecular flexibility index (Phi) is 4.76. The minimum Gasteiger partial charge on any atom is -0.388 e. The number of thioether (sulfide) groups is 1. The minimum atomic E-state index is -3.39. The van der Waals surface area contributed by atoms with Crippen molar-refractivity contribution in [3.05, 3.63) is 24.3 Å². The van der Waals surface area contributed by atoms with Crippen molar-refractivity contribution in [3.63, 3.8) is 0 Å². The molecule has 0 radical (unpaired) electrons. The summed E-state index contributed by atoms with van der Waals surface area (Å²) < 4.78 is 27.3. The molecular formula is C13H20N2O2S2. The third kappa shape index (κ3) is 3.64. The van der Waals surface area contributed by atoms with E-state index in [1.165, 1.54) is 0 Å². The molecular weight excluding hydrogens is 280 g/mol. The molecule has 0 heterocycles. The van der Waals surface area contributed by atoms with Crippen LogP contribution in [-0.4, -0.2) is 33.0 Å². The first-order valence-electron chi connectivity index (χ1n) is 6.38. The van der Waals surface area contributed by atoms with Crippen LogP contribution in [0.5, 0.6) is 0 Å². The third-order valence-electron chi connectivity index (χ3n) is 3.49. The van der Waals surface area contributed by atoms with Gasteiger partial charge in [0.05, 0.1) is 4.90 Å². The molecule has 0 aliphatic heterocycles. The van der Waals surface area contributed by atoms with Crippen LogP contribution >= 0.6 is 11.8 Å². The van der Waals surface area contributed by atoms with Gasteiger partial charge in [-0.2, -0.15) is 11.8 Å². The van der Waals surface area contributed by atoms with Gasteiger partial charge in [-0.15, -0.1) is 0 Å². The SMILES string of the molecule is CNc1ccc(S(=O)(=O)NC2CCC(SC)C2)cc1. The molecule has 1 aliphatic carbocycles. The van der Waals surface area contributed by atoms with Gasteiger partial charge in [0, 0.05) is 24.0 Å². The Labute approximate surface area is 119 Å². The molecule has 0 amide bonds. The van der Waals surface area contributed by atoms with Crippen LogP contribution < -0.4 is 10.0 Å². The Morgan fingerprint density at radius 1 is 1.21 bits per heavy atom. The molecule has 1 fully saturated rings. The molecule has 2 unspecified atom stereocenters. The molecule has 106 valence electrons. The number of hydrogen-bond donors (Lipinski definition) is 2. The van der Waals surface area contributed by atoms with Gasteiger partial charge in [-0.05, 0) is 49.8 Å². The van der Waals surface area contributed by atoms with E-state index in [9.17, 15) is 8.42 Å². The number of hydrogen-bond acceptors (Lipinski definition) is 4. The first-order valence-corrected chi connectivity index (χ1v) is 9.15. The van der Waals surface area contributed by atoms with Crippen molar-refractivity contribution < 1.29 is 8.42 Å². The maximum atomic E-state index is 12.2. The Hall–Kier alpha value is -0.720. The predicted molar refractivity (Wildman–Crippen MR) is 81.3 cm³/mol. The lowest BCUT2D eigenvalue weighted by Gasteiger charge is -2.13. The molecule has 1 aliphatic rings. The van der Waals surface area contributed by atoms with E-state index in [2.05, 4.69) is 16.3 Å². The van der Waals surface area contributed by atoms with Crippen molar-refractivity contribution in [1.82, 2.24) is 4.72 Å². The van der Waals surface area contributed by atoms with Crippen molar-refractivity contribution in [2.24, 2.45) is 0 Å². The monoisotopic (exact) mass is 300 g/mol. The van der Waals surface area contributed by atoms with E-state index in [0.717, 1.165) is 24.9 Å². The van der Waals surface area contributed by atoms with Crippen molar-refractivity contribution in [2.45, 2.75) is 35.4 Å². The quantitative estimate of drug-likeness (QED) is 0.876. The second-order valence-corrected chi connectivity index (χ2v) is 7.62. The van der Waals surface area contributed by atoms with Crippen molar-refractivity contribution >= 4 is 27.5 Å². The van der Waals surface area contributed by atoms with Crippen molar-refractivity contribution in [2.75, 3.05) is 18.6 Å². The van der Waals surface area contributed by atoms with Crippen LogP contribution in [0.4, 0.5) is 5.69 Å². The van der Waals surface area contributed by atoms with E-state index in [1.807, 2.05) is 18.8 Å². The van der Waals surface area contributed by atoms with Crippen LogP contribution in [0, 0.1) is 0 Å². The molecule has 6 heteroatoms. The Bertz CT molecular complexity index is 514. The van der Waals surface area contributed by atoms with E-state index in [4.69, 9.17) is 0 Å². The van der Waals surface area contributed by atoms with Gasteiger partial charge in [0.2, 0.25) is 10.0 Å². The average molecular weight is 300 g/mol. The summed E-state index contributed by atoms with van der Waals surface area (Å²) in [5, 5.41) is 3.56. The summed E-state index contributed by atoms with van der Waals surface area (Å²) in [6.07, 6.45) is 5.03. The van der Waals surface area contributed by atoms with Crippen LogP contribution in [0.2, 0.25) is 0 Å². The molecule has 19 heavy (non-hydrogen) atoms. The molecule has 0 saturated heterocycles. The maximum absolute atomic E-state index is 12.2. The summed E-state index contributed by atoms with van der Waals surface area (Å²) >= 11 is 1.82. The third-order valence-corrected chi connectivity index (χ3v) is 6.12. The molecule has 2 atom stereocenters. The normalized spacial score (nSPS) is 23.5. The first-order chi connectivity index (χ1) is 9.05. The number of rotatable bonds is 5. The van der Waals surface area contributed by atoms with Gasteiger partial charge in [-0.3, -0.25) is 0 Å². The molecule has 2 N–H and O–H groups in total. The number of sulfonamides is 1. The van der Waals surface area contributed by atoms with Crippen molar-refractivity contribution in [3.8, 4) is 0 Å². The second-order valence-electron chi connectivity index (χ2n) is 4.76. The average Bonchev–Trinajstić information content (AvgIpc) is 2.85. The van der Waals surface area contributed by atoms with Gasteiger partial charge < -0.3 is 5.32 Å². The minimum absolute atomic E-state index is 0.0754. The van der Waals surface area contributed by atoms with Gasteiger partial charge in [-0.25, -0.2) is 13.1 Å². The van der Waals surface area contributed by atoms with Gasteiger partial charge >= 0.3 is 0 Å².